The largest absolute Gasteiger partial charge is 0.492 e. The Kier molecular flexibility index (Phi) is 4.84. The number of nitrogens with one attached hydrogen (secondary N) is 1. The average molecular weight is 292 g/mol. The Morgan fingerprint density at radius 2 is 1.86 bits per heavy atom. The molecule has 0 heterocycles. The molecule has 0 radical (unpaired) electrons. The standard InChI is InChI=1S/C15H14F2N2O2/c16-10-1-6-14(17)13(9-10)15(20)19-11-2-4-12(5-3-11)21-8-7-18/h1-6,9H,7-8,18H2,(H,19,20). The maximum atomic E-state index is 13.5. The number of carbonyl (C=O) groups is 1. The van der Waals surface area contributed by atoms with Crippen molar-refractivity contribution in [2.24, 2.45) is 5.73 Å². The van der Waals surface area contributed by atoms with Crippen molar-refractivity contribution < 1.29 is 18.3 Å². The van der Waals surface area contributed by atoms with Crippen molar-refractivity contribution in [3.8, 4) is 5.75 Å². The smallest absolute Gasteiger partial charge is 0.258 e. The van der Waals surface area contributed by atoms with Crippen molar-refractivity contribution >= 4 is 11.6 Å². The van der Waals surface area contributed by atoms with E-state index in [1.807, 2.05) is 0 Å². The first-order valence-electron chi connectivity index (χ1n) is 6.29. The summed E-state index contributed by atoms with van der Waals surface area (Å²) in [5.41, 5.74) is 5.41. The van der Waals surface area contributed by atoms with E-state index in [2.05, 4.69) is 5.32 Å². The minimum atomic E-state index is -0.781. The summed E-state index contributed by atoms with van der Waals surface area (Å²) in [5, 5.41) is 2.48. The maximum absolute atomic E-state index is 13.5. The highest BCUT2D eigenvalue weighted by Gasteiger charge is 2.13. The van der Waals surface area contributed by atoms with Crippen LogP contribution in [0, 0.1) is 11.6 Å². The van der Waals surface area contributed by atoms with Gasteiger partial charge in [0, 0.05) is 12.2 Å². The van der Waals surface area contributed by atoms with Crippen LogP contribution in [-0.2, 0) is 0 Å². The van der Waals surface area contributed by atoms with E-state index in [0.29, 0.717) is 24.6 Å². The number of benzene rings is 2. The van der Waals surface area contributed by atoms with Gasteiger partial charge < -0.3 is 15.8 Å². The molecule has 3 N–H and O–H groups in total. The molecule has 4 nitrogen and oxygen atoms in total. The Morgan fingerprint density at radius 3 is 2.52 bits per heavy atom. The van der Waals surface area contributed by atoms with E-state index in [1.54, 1.807) is 24.3 Å². The molecule has 2 aromatic rings. The van der Waals surface area contributed by atoms with Gasteiger partial charge in [0.25, 0.3) is 5.91 Å². The third-order valence-electron chi connectivity index (χ3n) is 2.67. The number of carbonyl (C=O) groups excluding carboxylic acids is 1. The molecule has 0 bridgehead atoms. The topological polar surface area (TPSA) is 64.3 Å². The van der Waals surface area contributed by atoms with Gasteiger partial charge in [0.1, 0.15) is 24.0 Å². The van der Waals surface area contributed by atoms with Crippen LogP contribution < -0.4 is 15.8 Å². The summed E-state index contributed by atoms with van der Waals surface area (Å²) in [6, 6.07) is 9.20. The van der Waals surface area contributed by atoms with Gasteiger partial charge in [-0.15, -0.1) is 0 Å². The molecule has 21 heavy (non-hydrogen) atoms. The van der Waals surface area contributed by atoms with Gasteiger partial charge in [-0.05, 0) is 42.5 Å². The van der Waals surface area contributed by atoms with Crippen LogP contribution in [0.5, 0.6) is 5.75 Å². The molecule has 0 aliphatic heterocycles. The van der Waals surface area contributed by atoms with Gasteiger partial charge in [0.15, 0.2) is 0 Å². The molecule has 2 rings (SSSR count). The maximum Gasteiger partial charge on any atom is 0.258 e. The van der Waals surface area contributed by atoms with Gasteiger partial charge in [-0.1, -0.05) is 0 Å². The Bertz CT molecular complexity index is 630. The van der Waals surface area contributed by atoms with E-state index in [4.69, 9.17) is 10.5 Å². The summed E-state index contributed by atoms with van der Waals surface area (Å²) in [5.74, 6) is -1.57. The molecule has 0 aliphatic rings. The SMILES string of the molecule is NCCOc1ccc(NC(=O)c2cc(F)ccc2F)cc1. The second-order valence-corrected chi connectivity index (χ2v) is 4.24. The summed E-state index contributed by atoms with van der Waals surface area (Å²) in [4.78, 5) is 11.9. The van der Waals surface area contributed by atoms with Crippen molar-refractivity contribution in [1.29, 1.82) is 0 Å². The van der Waals surface area contributed by atoms with Crippen molar-refractivity contribution in [1.82, 2.24) is 0 Å². The van der Waals surface area contributed by atoms with Crippen LogP contribution in [-0.4, -0.2) is 19.1 Å². The minimum absolute atomic E-state index is 0.349. The number of hydrogen-bond donors (Lipinski definition) is 2. The second-order valence-electron chi connectivity index (χ2n) is 4.24. The number of halogens is 2. The lowest BCUT2D eigenvalue weighted by Crippen LogP contribution is -2.14. The van der Waals surface area contributed by atoms with Gasteiger partial charge in [-0.3, -0.25) is 4.79 Å². The van der Waals surface area contributed by atoms with Gasteiger partial charge in [0.2, 0.25) is 0 Å². The average Bonchev–Trinajstić information content (AvgIpc) is 2.49. The first-order valence-corrected chi connectivity index (χ1v) is 6.29. The number of amides is 1. The molecule has 6 heteroatoms. The van der Waals surface area contributed by atoms with Crippen molar-refractivity contribution in [3.63, 3.8) is 0 Å². The van der Waals surface area contributed by atoms with Gasteiger partial charge in [-0.25, -0.2) is 8.78 Å². The third-order valence-corrected chi connectivity index (χ3v) is 2.67. The molecule has 0 aliphatic carbocycles. The Hall–Kier alpha value is -2.47. The zero-order chi connectivity index (χ0) is 15.2. The molecule has 0 atom stereocenters. The number of hydrogen-bond acceptors (Lipinski definition) is 3. The lowest BCUT2D eigenvalue weighted by atomic mass is 10.2. The molecule has 0 unspecified atom stereocenters. The zero-order valence-corrected chi connectivity index (χ0v) is 11.1. The van der Waals surface area contributed by atoms with Crippen LogP contribution in [0.4, 0.5) is 14.5 Å². The number of rotatable bonds is 5. The first kappa shape index (κ1) is 14.9. The monoisotopic (exact) mass is 292 g/mol. The minimum Gasteiger partial charge on any atom is -0.492 e. The fraction of sp³-hybridized carbons (Fsp3) is 0.133. The highest BCUT2D eigenvalue weighted by Crippen LogP contribution is 2.17. The van der Waals surface area contributed by atoms with E-state index in [0.717, 1.165) is 18.2 Å². The molecule has 1 amide bonds. The molecule has 0 spiro atoms. The molecule has 0 fully saturated rings. The van der Waals surface area contributed by atoms with Crippen LogP contribution in [0.1, 0.15) is 10.4 Å². The summed E-state index contributed by atoms with van der Waals surface area (Å²) in [7, 11) is 0. The van der Waals surface area contributed by atoms with Crippen LogP contribution in [0.25, 0.3) is 0 Å². The summed E-state index contributed by atoms with van der Waals surface area (Å²) in [6.45, 7) is 0.789. The van der Waals surface area contributed by atoms with Gasteiger partial charge in [0.05, 0.1) is 5.56 Å². The van der Waals surface area contributed by atoms with Gasteiger partial charge in [-0.2, -0.15) is 0 Å². The first-order chi connectivity index (χ1) is 10.1. The summed E-state index contributed by atoms with van der Waals surface area (Å²) >= 11 is 0. The highest BCUT2D eigenvalue weighted by molar-refractivity contribution is 6.04. The Morgan fingerprint density at radius 1 is 1.14 bits per heavy atom. The second kappa shape index (κ2) is 6.81. The molecular weight excluding hydrogens is 278 g/mol. The van der Waals surface area contributed by atoms with E-state index in [1.165, 1.54) is 0 Å². The molecule has 2 aromatic carbocycles. The van der Waals surface area contributed by atoms with E-state index < -0.39 is 17.5 Å². The van der Waals surface area contributed by atoms with Crippen molar-refractivity contribution in [2.45, 2.75) is 0 Å². The molecular formula is C15H14F2N2O2. The quantitative estimate of drug-likeness (QED) is 0.890. The van der Waals surface area contributed by atoms with Crippen LogP contribution in [0.2, 0.25) is 0 Å². The predicted molar refractivity (Wildman–Crippen MR) is 75.3 cm³/mol. The summed E-state index contributed by atoms with van der Waals surface area (Å²) < 4.78 is 31.8. The van der Waals surface area contributed by atoms with E-state index in [-0.39, 0.29) is 5.56 Å². The zero-order valence-electron chi connectivity index (χ0n) is 11.1. The number of anilines is 1. The van der Waals surface area contributed by atoms with Crippen molar-refractivity contribution in [2.75, 3.05) is 18.5 Å². The number of nitrogens with two attached hydrogens (primary N) is 1. The fourth-order valence-corrected chi connectivity index (χ4v) is 1.68. The van der Waals surface area contributed by atoms with Gasteiger partial charge >= 0.3 is 0 Å². The lowest BCUT2D eigenvalue weighted by Gasteiger charge is -2.08. The Labute approximate surface area is 120 Å². The fourth-order valence-electron chi connectivity index (χ4n) is 1.68. The predicted octanol–water partition coefficient (Wildman–Crippen LogP) is 2.55. The highest BCUT2D eigenvalue weighted by atomic mass is 19.1. The molecule has 0 saturated heterocycles. The third kappa shape index (κ3) is 4.00. The molecule has 110 valence electrons. The normalized spacial score (nSPS) is 10.2. The molecule has 0 saturated carbocycles. The number of ether oxygens (including phenoxy) is 1. The lowest BCUT2D eigenvalue weighted by molar-refractivity contribution is 0.102. The van der Waals surface area contributed by atoms with Crippen LogP contribution in [0.15, 0.2) is 42.5 Å². The molecule has 0 aromatic heterocycles. The van der Waals surface area contributed by atoms with Crippen LogP contribution >= 0.6 is 0 Å². The van der Waals surface area contributed by atoms with E-state index in [9.17, 15) is 13.6 Å². The van der Waals surface area contributed by atoms with Crippen molar-refractivity contribution in [3.05, 3.63) is 59.7 Å². The Balaban J connectivity index is 2.07. The van der Waals surface area contributed by atoms with Crippen LogP contribution in [0.3, 0.4) is 0 Å². The van der Waals surface area contributed by atoms with E-state index >= 15 is 0 Å². The summed E-state index contributed by atoms with van der Waals surface area (Å²) in [6.07, 6.45) is 0.